The maximum Gasteiger partial charge on any atom is 0.460 e. The Morgan fingerprint density at radius 1 is 0.909 bits per heavy atom. The van der Waals surface area contributed by atoms with Crippen molar-refractivity contribution >= 4 is 5.69 Å². The van der Waals surface area contributed by atoms with Crippen molar-refractivity contribution in [3.8, 4) is 11.3 Å². The van der Waals surface area contributed by atoms with Crippen LogP contribution in [0.25, 0.3) is 11.3 Å². The lowest BCUT2D eigenvalue weighted by atomic mass is 10.0. The summed E-state index contributed by atoms with van der Waals surface area (Å²) in [4.78, 5) is 0. The van der Waals surface area contributed by atoms with Crippen molar-refractivity contribution in [3.63, 3.8) is 0 Å². The van der Waals surface area contributed by atoms with Gasteiger partial charge in [-0.1, -0.05) is 30.3 Å². The molecule has 10 heteroatoms. The Hall–Kier alpha value is -2.26. The quantitative estimate of drug-likeness (QED) is 0.839. The van der Waals surface area contributed by atoms with Gasteiger partial charge in [0.05, 0.1) is 5.69 Å². The summed E-state index contributed by atoms with van der Waals surface area (Å²) in [6.07, 6.45) is -6.44. The van der Waals surface area contributed by atoms with Gasteiger partial charge in [0, 0.05) is 5.56 Å². The third-order valence-corrected chi connectivity index (χ3v) is 2.92. The van der Waals surface area contributed by atoms with Gasteiger partial charge < -0.3 is 5.73 Å². The average Bonchev–Trinajstić information content (AvgIpc) is 2.80. The molecule has 0 aliphatic carbocycles. The first-order valence-electron chi connectivity index (χ1n) is 5.72. The van der Waals surface area contributed by atoms with Gasteiger partial charge in [0.2, 0.25) is 0 Å². The predicted molar refractivity (Wildman–Crippen MR) is 63.3 cm³/mol. The van der Waals surface area contributed by atoms with Gasteiger partial charge in [-0.15, -0.1) is 0 Å². The van der Waals surface area contributed by atoms with Crippen LogP contribution in [-0.2, 0) is 5.92 Å². The standard InChI is InChI=1S/C12H8F7N3/c13-10(14,11(15,16)12(17,18)19)9-7(20)8(21-22-9)6-4-2-1-3-5-6/h1-5H,20H2,(H,21,22). The zero-order chi connectivity index (χ0) is 16.8. The van der Waals surface area contributed by atoms with Crippen LogP contribution < -0.4 is 5.73 Å². The van der Waals surface area contributed by atoms with Crippen molar-refractivity contribution in [1.82, 2.24) is 10.2 Å². The molecular formula is C12H8F7N3. The van der Waals surface area contributed by atoms with Crippen molar-refractivity contribution in [2.75, 3.05) is 5.73 Å². The summed E-state index contributed by atoms with van der Waals surface area (Å²) < 4.78 is 89.7. The number of anilines is 1. The number of aromatic nitrogens is 2. The number of nitrogens with two attached hydrogens (primary N) is 1. The molecule has 3 nitrogen and oxygen atoms in total. The Labute approximate surface area is 118 Å². The molecule has 0 aliphatic rings. The lowest BCUT2D eigenvalue weighted by Gasteiger charge is -2.27. The van der Waals surface area contributed by atoms with Crippen molar-refractivity contribution in [2.24, 2.45) is 0 Å². The van der Waals surface area contributed by atoms with E-state index in [0.717, 1.165) is 0 Å². The first-order chi connectivity index (χ1) is 10.00. The molecule has 0 bridgehead atoms. The summed E-state index contributed by atoms with van der Waals surface area (Å²) >= 11 is 0. The van der Waals surface area contributed by atoms with E-state index in [-0.39, 0.29) is 11.3 Å². The topological polar surface area (TPSA) is 54.7 Å². The van der Waals surface area contributed by atoms with Crippen molar-refractivity contribution in [1.29, 1.82) is 0 Å². The van der Waals surface area contributed by atoms with E-state index < -0.39 is 29.4 Å². The summed E-state index contributed by atoms with van der Waals surface area (Å²) in [5.41, 5.74) is 2.38. The van der Waals surface area contributed by atoms with Crippen LogP contribution in [0.3, 0.4) is 0 Å². The van der Waals surface area contributed by atoms with Gasteiger partial charge in [-0.05, 0) is 0 Å². The van der Waals surface area contributed by atoms with Gasteiger partial charge in [-0.2, -0.15) is 35.8 Å². The smallest absolute Gasteiger partial charge is 0.395 e. The van der Waals surface area contributed by atoms with Gasteiger partial charge in [0.15, 0.2) is 0 Å². The predicted octanol–water partition coefficient (Wildman–Crippen LogP) is 3.95. The van der Waals surface area contributed by atoms with E-state index in [0.29, 0.717) is 0 Å². The molecule has 0 atom stereocenters. The molecule has 1 heterocycles. The van der Waals surface area contributed by atoms with E-state index in [2.05, 4.69) is 5.10 Å². The summed E-state index contributed by atoms with van der Waals surface area (Å²) in [6, 6.07) is 7.34. The van der Waals surface area contributed by atoms with Crippen LogP contribution in [0.5, 0.6) is 0 Å². The van der Waals surface area contributed by atoms with E-state index in [1.54, 1.807) is 6.07 Å². The highest BCUT2D eigenvalue weighted by molar-refractivity contribution is 5.74. The molecule has 1 aromatic carbocycles. The maximum atomic E-state index is 13.6. The number of benzene rings is 1. The molecule has 3 N–H and O–H groups in total. The normalized spacial score (nSPS) is 13.4. The molecule has 0 aliphatic heterocycles. The third kappa shape index (κ3) is 2.28. The molecule has 0 fully saturated rings. The SMILES string of the molecule is Nc1c(-c2ccccc2)n[nH]c1C(F)(F)C(F)(F)C(F)(F)F. The molecule has 0 saturated carbocycles. The average molecular weight is 327 g/mol. The fourth-order valence-corrected chi connectivity index (χ4v) is 1.74. The number of H-pyrrole nitrogens is 1. The van der Waals surface area contributed by atoms with Crippen LogP contribution in [0.15, 0.2) is 30.3 Å². The summed E-state index contributed by atoms with van der Waals surface area (Å²) in [5, 5.41) is 4.80. The first kappa shape index (κ1) is 16.1. The Bertz CT molecular complexity index is 661. The molecule has 1 aromatic heterocycles. The second-order valence-corrected chi connectivity index (χ2v) is 4.37. The zero-order valence-electron chi connectivity index (χ0n) is 10.6. The van der Waals surface area contributed by atoms with Crippen LogP contribution in [-0.4, -0.2) is 22.3 Å². The van der Waals surface area contributed by atoms with E-state index in [9.17, 15) is 30.7 Å². The van der Waals surface area contributed by atoms with Crippen molar-refractivity contribution in [3.05, 3.63) is 36.0 Å². The Balaban J connectivity index is 2.53. The van der Waals surface area contributed by atoms with Crippen LogP contribution in [0.1, 0.15) is 5.69 Å². The van der Waals surface area contributed by atoms with E-state index in [4.69, 9.17) is 5.73 Å². The minimum atomic E-state index is -6.44. The van der Waals surface area contributed by atoms with Crippen molar-refractivity contribution < 1.29 is 30.7 Å². The Morgan fingerprint density at radius 2 is 1.45 bits per heavy atom. The van der Waals surface area contributed by atoms with E-state index >= 15 is 0 Å². The highest BCUT2D eigenvalue weighted by Crippen LogP contribution is 2.53. The molecule has 2 rings (SSSR count). The number of alkyl halides is 7. The highest BCUT2D eigenvalue weighted by atomic mass is 19.4. The van der Waals surface area contributed by atoms with Gasteiger partial charge in [0.25, 0.3) is 0 Å². The molecule has 0 spiro atoms. The number of hydrogen-bond acceptors (Lipinski definition) is 2. The lowest BCUT2D eigenvalue weighted by molar-refractivity contribution is -0.360. The zero-order valence-corrected chi connectivity index (χ0v) is 10.6. The number of nitrogens with one attached hydrogen (secondary N) is 1. The first-order valence-corrected chi connectivity index (χ1v) is 5.72. The fraction of sp³-hybridized carbons (Fsp3) is 0.250. The molecule has 2 aromatic rings. The van der Waals surface area contributed by atoms with Gasteiger partial charge >= 0.3 is 18.0 Å². The maximum absolute atomic E-state index is 13.6. The summed E-state index contributed by atoms with van der Waals surface area (Å²) in [5.74, 6) is -11.9. The van der Waals surface area contributed by atoms with Crippen LogP contribution >= 0.6 is 0 Å². The molecule has 0 amide bonds. The molecule has 22 heavy (non-hydrogen) atoms. The summed E-state index contributed by atoms with van der Waals surface area (Å²) in [7, 11) is 0. The number of halogens is 7. The monoisotopic (exact) mass is 327 g/mol. The molecule has 0 saturated heterocycles. The Kier molecular flexibility index (Phi) is 3.58. The van der Waals surface area contributed by atoms with Gasteiger partial charge in [-0.25, -0.2) is 0 Å². The second-order valence-electron chi connectivity index (χ2n) is 4.37. The number of nitrogens with zero attached hydrogens (tertiary/aromatic N) is 1. The lowest BCUT2D eigenvalue weighted by Crippen LogP contribution is -2.50. The van der Waals surface area contributed by atoms with E-state index in [1.165, 1.54) is 29.4 Å². The second kappa shape index (κ2) is 4.89. The third-order valence-electron chi connectivity index (χ3n) is 2.92. The van der Waals surface area contributed by atoms with Crippen LogP contribution in [0.2, 0.25) is 0 Å². The van der Waals surface area contributed by atoms with E-state index in [1.807, 2.05) is 0 Å². The molecule has 0 unspecified atom stereocenters. The summed E-state index contributed by atoms with van der Waals surface area (Å²) in [6.45, 7) is 0. The van der Waals surface area contributed by atoms with Gasteiger partial charge in [-0.3, -0.25) is 5.10 Å². The number of hydrogen-bond donors (Lipinski definition) is 2. The number of rotatable bonds is 3. The molecule has 0 radical (unpaired) electrons. The minimum Gasteiger partial charge on any atom is -0.395 e. The molecular weight excluding hydrogens is 319 g/mol. The number of aromatic amines is 1. The Morgan fingerprint density at radius 3 is 1.95 bits per heavy atom. The molecule has 120 valence electrons. The van der Waals surface area contributed by atoms with Crippen LogP contribution in [0, 0.1) is 0 Å². The largest absolute Gasteiger partial charge is 0.460 e. The minimum absolute atomic E-state index is 0.189. The van der Waals surface area contributed by atoms with Crippen LogP contribution in [0.4, 0.5) is 36.4 Å². The van der Waals surface area contributed by atoms with Crippen molar-refractivity contribution in [2.45, 2.75) is 18.0 Å². The fourth-order valence-electron chi connectivity index (χ4n) is 1.74. The number of nitrogen functional groups attached to an aromatic ring is 1. The highest BCUT2D eigenvalue weighted by Gasteiger charge is 2.74. The van der Waals surface area contributed by atoms with Gasteiger partial charge in [0.1, 0.15) is 11.4 Å².